The Morgan fingerprint density at radius 2 is 1.87 bits per heavy atom. The molecule has 15 heavy (non-hydrogen) atoms. The lowest BCUT2D eigenvalue weighted by atomic mass is 10.1. The van der Waals surface area contributed by atoms with Gasteiger partial charge in [-0.3, -0.25) is 9.59 Å². The SMILES string of the molecule is CO[C@H](C)C(=O)NCC(=O)NC(C)(C)C. The van der Waals surface area contributed by atoms with Crippen molar-refractivity contribution < 1.29 is 14.3 Å². The summed E-state index contributed by atoms with van der Waals surface area (Å²) < 4.78 is 4.80. The van der Waals surface area contributed by atoms with Crippen molar-refractivity contribution in [2.75, 3.05) is 13.7 Å². The van der Waals surface area contributed by atoms with E-state index in [2.05, 4.69) is 10.6 Å². The van der Waals surface area contributed by atoms with Gasteiger partial charge in [-0.25, -0.2) is 0 Å². The van der Waals surface area contributed by atoms with Crippen molar-refractivity contribution in [1.82, 2.24) is 10.6 Å². The van der Waals surface area contributed by atoms with E-state index >= 15 is 0 Å². The molecule has 0 aliphatic carbocycles. The zero-order valence-electron chi connectivity index (χ0n) is 10.0. The first-order chi connectivity index (χ1) is 6.76. The normalized spacial score (nSPS) is 13.1. The highest BCUT2D eigenvalue weighted by Crippen LogP contribution is 1.97. The monoisotopic (exact) mass is 216 g/mol. The topological polar surface area (TPSA) is 67.4 Å². The highest BCUT2D eigenvalue weighted by atomic mass is 16.5. The van der Waals surface area contributed by atoms with Gasteiger partial charge in [0, 0.05) is 12.6 Å². The molecule has 0 saturated carbocycles. The number of methoxy groups -OCH3 is 1. The standard InChI is InChI=1S/C10H20N2O3/c1-7(15-5)9(14)11-6-8(13)12-10(2,3)4/h7H,6H2,1-5H3,(H,11,14)(H,12,13)/t7-/m1/s1. The lowest BCUT2D eigenvalue weighted by Crippen LogP contribution is -2.47. The Morgan fingerprint density at radius 1 is 1.33 bits per heavy atom. The molecule has 0 saturated heterocycles. The Kier molecular flexibility index (Phi) is 5.28. The van der Waals surface area contributed by atoms with Gasteiger partial charge in [0.1, 0.15) is 6.10 Å². The quantitative estimate of drug-likeness (QED) is 0.698. The fourth-order valence-electron chi connectivity index (χ4n) is 0.881. The molecule has 0 spiro atoms. The van der Waals surface area contributed by atoms with Crippen LogP contribution < -0.4 is 10.6 Å². The van der Waals surface area contributed by atoms with Crippen LogP contribution in [0.25, 0.3) is 0 Å². The lowest BCUT2D eigenvalue weighted by Gasteiger charge is -2.20. The maximum Gasteiger partial charge on any atom is 0.249 e. The number of ether oxygens (including phenoxy) is 1. The third-order valence-corrected chi connectivity index (χ3v) is 1.66. The van der Waals surface area contributed by atoms with Crippen LogP contribution in [0.5, 0.6) is 0 Å². The second kappa shape index (κ2) is 5.70. The average molecular weight is 216 g/mol. The number of rotatable bonds is 4. The van der Waals surface area contributed by atoms with Gasteiger partial charge in [0.05, 0.1) is 6.54 Å². The van der Waals surface area contributed by atoms with Crippen molar-refractivity contribution in [1.29, 1.82) is 0 Å². The summed E-state index contributed by atoms with van der Waals surface area (Å²) in [5.74, 6) is -0.499. The van der Waals surface area contributed by atoms with Gasteiger partial charge >= 0.3 is 0 Å². The van der Waals surface area contributed by atoms with E-state index in [1.165, 1.54) is 7.11 Å². The Balaban J connectivity index is 3.87. The number of carbonyl (C=O) groups excluding carboxylic acids is 2. The van der Waals surface area contributed by atoms with Gasteiger partial charge in [-0.15, -0.1) is 0 Å². The second-order valence-corrected chi connectivity index (χ2v) is 4.39. The molecule has 1 atom stereocenters. The molecule has 0 bridgehead atoms. The molecule has 88 valence electrons. The first-order valence-corrected chi connectivity index (χ1v) is 4.88. The summed E-state index contributed by atoms with van der Waals surface area (Å²) in [6.07, 6.45) is -0.535. The van der Waals surface area contributed by atoms with Crippen LogP contribution in [0.15, 0.2) is 0 Å². The Bertz CT molecular complexity index is 233. The van der Waals surface area contributed by atoms with E-state index in [-0.39, 0.29) is 23.9 Å². The molecule has 0 aromatic carbocycles. The third-order valence-electron chi connectivity index (χ3n) is 1.66. The molecule has 0 heterocycles. The van der Waals surface area contributed by atoms with Crippen LogP contribution in [0, 0.1) is 0 Å². The molecule has 2 amide bonds. The Labute approximate surface area is 90.6 Å². The molecular weight excluding hydrogens is 196 g/mol. The number of carbonyl (C=O) groups is 2. The first-order valence-electron chi connectivity index (χ1n) is 4.88. The summed E-state index contributed by atoms with van der Waals surface area (Å²) in [5.41, 5.74) is -0.283. The summed E-state index contributed by atoms with van der Waals surface area (Å²) in [7, 11) is 1.44. The lowest BCUT2D eigenvalue weighted by molar-refractivity contribution is -0.132. The fourth-order valence-corrected chi connectivity index (χ4v) is 0.881. The van der Waals surface area contributed by atoms with E-state index in [0.29, 0.717) is 0 Å². The van der Waals surface area contributed by atoms with Crippen LogP contribution in [0.1, 0.15) is 27.7 Å². The van der Waals surface area contributed by atoms with Crippen molar-refractivity contribution in [3.63, 3.8) is 0 Å². The molecule has 5 nitrogen and oxygen atoms in total. The van der Waals surface area contributed by atoms with E-state index < -0.39 is 6.10 Å². The number of hydrogen-bond donors (Lipinski definition) is 2. The summed E-state index contributed by atoms with van der Waals surface area (Å²) >= 11 is 0. The fraction of sp³-hybridized carbons (Fsp3) is 0.800. The molecule has 0 aliphatic heterocycles. The minimum Gasteiger partial charge on any atom is -0.372 e. The summed E-state index contributed by atoms with van der Waals surface area (Å²) in [5, 5.41) is 5.22. The number of nitrogens with one attached hydrogen (secondary N) is 2. The van der Waals surface area contributed by atoms with E-state index in [0.717, 1.165) is 0 Å². The van der Waals surface area contributed by atoms with Crippen LogP contribution in [0.4, 0.5) is 0 Å². The molecule has 0 aromatic heterocycles. The average Bonchev–Trinajstić information content (AvgIpc) is 2.10. The first kappa shape index (κ1) is 13.9. The van der Waals surface area contributed by atoms with E-state index in [4.69, 9.17) is 4.74 Å². The number of hydrogen-bond acceptors (Lipinski definition) is 3. The van der Waals surface area contributed by atoms with Gasteiger partial charge < -0.3 is 15.4 Å². The van der Waals surface area contributed by atoms with Crippen molar-refractivity contribution in [2.45, 2.75) is 39.3 Å². The maximum atomic E-state index is 11.3. The van der Waals surface area contributed by atoms with Gasteiger partial charge in [0.2, 0.25) is 11.8 Å². The predicted molar refractivity (Wildman–Crippen MR) is 57.4 cm³/mol. The van der Waals surface area contributed by atoms with E-state index in [1.807, 2.05) is 20.8 Å². The molecule has 0 aromatic rings. The minimum absolute atomic E-state index is 0.0240. The molecular formula is C10H20N2O3. The van der Waals surface area contributed by atoms with Crippen LogP contribution in [0.2, 0.25) is 0 Å². The largest absolute Gasteiger partial charge is 0.372 e. The van der Waals surface area contributed by atoms with Crippen molar-refractivity contribution >= 4 is 11.8 Å². The smallest absolute Gasteiger partial charge is 0.249 e. The van der Waals surface area contributed by atoms with Gasteiger partial charge in [0.25, 0.3) is 0 Å². The van der Waals surface area contributed by atoms with Crippen LogP contribution >= 0.6 is 0 Å². The van der Waals surface area contributed by atoms with Crippen molar-refractivity contribution in [3.8, 4) is 0 Å². The van der Waals surface area contributed by atoms with Crippen LogP contribution in [-0.2, 0) is 14.3 Å². The van der Waals surface area contributed by atoms with Crippen LogP contribution in [-0.4, -0.2) is 37.1 Å². The van der Waals surface area contributed by atoms with E-state index in [9.17, 15) is 9.59 Å². The zero-order valence-corrected chi connectivity index (χ0v) is 10.0. The van der Waals surface area contributed by atoms with E-state index in [1.54, 1.807) is 6.92 Å². The zero-order chi connectivity index (χ0) is 12.1. The maximum absolute atomic E-state index is 11.3. The van der Waals surface area contributed by atoms with Crippen LogP contribution in [0.3, 0.4) is 0 Å². The Morgan fingerprint density at radius 3 is 2.27 bits per heavy atom. The molecule has 0 aliphatic rings. The third kappa shape index (κ3) is 6.90. The molecule has 5 heteroatoms. The van der Waals surface area contributed by atoms with Gasteiger partial charge in [-0.2, -0.15) is 0 Å². The van der Waals surface area contributed by atoms with Gasteiger partial charge in [-0.1, -0.05) is 0 Å². The highest BCUT2D eigenvalue weighted by molar-refractivity contribution is 5.86. The molecule has 0 unspecified atom stereocenters. The highest BCUT2D eigenvalue weighted by Gasteiger charge is 2.16. The van der Waals surface area contributed by atoms with Gasteiger partial charge in [-0.05, 0) is 27.7 Å². The Hall–Kier alpha value is -1.10. The molecule has 0 radical (unpaired) electrons. The second-order valence-electron chi connectivity index (χ2n) is 4.39. The van der Waals surface area contributed by atoms with Gasteiger partial charge in [0.15, 0.2) is 0 Å². The minimum atomic E-state index is -0.535. The molecule has 0 rings (SSSR count). The summed E-state index contributed by atoms with van der Waals surface area (Å²) in [6, 6.07) is 0. The molecule has 2 N–H and O–H groups in total. The summed E-state index contributed by atoms with van der Waals surface area (Å²) in [6.45, 7) is 7.24. The predicted octanol–water partition coefficient (Wildman–Crippen LogP) is 0.0522. The number of amides is 2. The van der Waals surface area contributed by atoms with Crippen molar-refractivity contribution in [2.24, 2.45) is 0 Å². The summed E-state index contributed by atoms with van der Waals surface area (Å²) in [4.78, 5) is 22.5. The molecule has 0 fully saturated rings. The van der Waals surface area contributed by atoms with Crippen molar-refractivity contribution in [3.05, 3.63) is 0 Å².